The molecule has 0 amide bonds. The molecule has 0 radical (unpaired) electrons. The predicted molar refractivity (Wildman–Crippen MR) is 103 cm³/mol. The summed E-state index contributed by atoms with van der Waals surface area (Å²) in [5.41, 5.74) is 10.5. The van der Waals surface area contributed by atoms with E-state index in [1.165, 1.54) is 13.3 Å². The van der Waals surface area contributed by atoms with E-state index in [1.54, 1.807) is 18.3 Å². The van der Waals surface area contributed by atoms with E-state index in [2.05, 4.69) is 20.4 Å². The van der Waals surface area contributed by atoms with Gasteiger partial charge in [-0.05, 0) is 35.4 Å². The van der Waals surface area contributed by atoms with E-state index in [0.29, 0.717) is 17.0 Å². The SMILES string of the molecule is COc1cc(-c2ccn[nH]2)c(-c2ccc3c(N)cnnc3c2)cc1B(O)O. The smallest absolute Gasteiger partial charge is 0.492 e. The van der Waals surface area contributed by atoms with Gasteiger partial charge in [0.2, 0.25) is 0 Å². The van der Waals surface area contributed by atoms with Crippen molar-refractivity contribution >= 4 is 29.2 Å². The number of hydrogen-bond acceptors (Lipinski definition) is 7. The fourth-order valence-corrected chi connectivity index (χ4v) is 3.09. The first-order chi connectivity index (χ1) is 13.1. The summed E-state index contributed by atoms with van der Waals surface area (Å²) in [7, 11) is -0.197. The van der Waals surface area contributed by atoms with Crippen LogP contribution in [0.5, 0.6) is 5.75 Å². The van der Waals surface area contributed by atoms with Gasteiger partial charge in [-0.25, -0.2) is 0 Å². The van der Waals surface area contributed by atoms with Crippen LogP contribution >= 0.6 is 0 Å². The minimum absolute atomic E-state index is 0.259. The van der Waals surface area contributed by atoms with Crippen molar-refractivity contribution in [2.45, 2.75) is 0 Å². The van der Waals surface area contributed by atoms with Gasteiger partial charge in [-0.15, -0.1) is 0 Å². The van der Waals surface area contributed by atoms with Crippen molar-refractivity contribution in [3.8, 4) is 28.1 Å². The van der Waals surface area contributed by atoms with Gasteiger partial charge in [0, 0.05) is 22.6 Å². The number of rotatable bonds is 4. The summed E-state index contributed by atoms with van der Waals surface area (Å²) in [4.78, 5) is 0. The fourth-order valence-electron chi connectivity index (χ4n) is 3.09. The molecule has 0 aliphatic rings. The summed E-state index contributed by atoms with van der Waals surface area (Å²) >= 11 is 0. The van der Waals surface area contributed by atoms with E-state index in [-0.39, 0.29) is 5.46 Å². The van der Waals surface area contributed by atoms with Gasteiger partial charge in [-0.1, -0.05) is 12.1 Å². The van der Waals surface area contributed by atoms with E-state index in [9.17, 15) is 10.0 Å². The minimum atomic E-state index is -1.68. The van der Waals surface area contributed by atoms with E-state index >= 15 is 0 Å². The number of ether oxygens (including phenoxy) is 1. The van der Waals surface area contributed by atoms with Crippen LogP contribution in [0.2, 0.25) is 0 Å². The lowest BCUT2D eigenvalue weighted by molar-refractivity contribution is 0.403. The Bertz CT molecular complexity index is 1120. The van der Waals surface area contributed by atoms with Crippen molar-refractivity contribution in [3.63, 3.8) is 0 Å². The van der Waals surface area contributed by atoms with Crippen molar-refractivity contribution < 1.29 is 14.8 Å². The van der Waals surface area contributed by atoms with Gasteiger partial charge in [0.05, 0.1) is 30.2 Å². The molecule has 9 heteroatoms. The molecule has 0 atom stereocenters. The third kappa shape index (κ3) is 2.99. The summed E-state index contributed by atoms with van der Waals surface area (Å²) in [5.74, 6) is 0.364. The lowest BCUT2D eigenvalue weighted by Gasteiger charge is -2.15. The molecular weight excluding hydrogens is 345 g/mol. The molecule has 134 valence electrons. The lowest BCUT2D eigenvalue weighted by Crippen LogP contribution is -2.31. The molecule has 27 heavy (non-hydrogen) atoms. The highest BCUT2D eigenvalue weighted by atomic mass is 16.5. The quantitative estimate of drug-likeness (QED) is 0.398. The van der Waals surface area contributed by atoms with E-state index in [1.807, 2.05) is 24.3 Å². The molecule has 0 spiro atoms. The normalized spacial score (nSPS) is 10.9. The molecule has 0 saturated carbocycles. The zero-order chi connectivity index (χ0) is 19.0. The number of aromatic nitrogens is 4. The van der Waals surface area contributed by atoms with Crippen LogP contribution in [0.4, 0.5) is 5.69 Å². The van der Waals surface area contributed by atoms with E-state index in [0.717, 1.165) is 27.8 Å². The van der Waals surface area contributed by atoms with E-state index < -0.39 is 7.12 Å². The molecule has 0 bridgehead atoms. The van der Waals surface area contributed by atoms with Crippen molar-refractivity contribution in [3.05, 3.63) is 48.8 Å². The lowest BCUT2D eigenvalue weighted by atomic mass is 9.77. The summed E-state index contributed by atoms with van der Waals surface area (Å²) in [5, 5.41) is 35.3. The molecule has 0 aliphatic carbocycles. The second-order valence-corrected chi connectivity index (χ2v) is 6.02. The highest BCUT2D eigenvalue weighted by Crippen LogP contribution is 2.35. The second kappa shape index (κ2) is 6.71. The molecule has 2 heterocycles. The van der Waals surface area contributed by atoms with Gasteiger partial charge in [0.15, 0.2) is 0 Å². The zero-order valence-electron chi connectivity index (χ0n) is 14.4. The Kier molecular flexibility index (Phi) is 4.23. The first-order valence-corrected chi connectivity index (χ1v) is 8.17. The zero-order valence-corrected chi connectivity index (χ0v) is 14.4. The third-order valence-corrected chi connectivity index (χ3v) is 4.42. The summed E-state index contributed by atoms with van der Waals surface area (Å²) in [6.07, 6.45) is 3.15. The van der Waals surface area contributed by atoms with Crippen LogP contribution in [-0.4, -0.2) is 44.7 Å². The number of nitrogens with two attached hydrogens (primary N) is 1. The van der Waals surface area contributed by atoms with E-state index in [4.69, 9.17) is 10.5 Å². The van der Waals surface area contributed by atoms with Crippen LogP contribution in [0.15, 0.2) is 48.8 Å². The number of nitrogens with zero attached hydrogens (tertiary/aromatic N) is 3. The standard InChI is InChI=1S/C18H16BN5O3/c1-27-18-8-13(16-4-5-21-23-16)12(7-14(18)19(25)26)10-2-3-11-15(20)9-22-24-17(11)6-10/h2-9,25-26H,1H3,(H2,20,24)(H,21,23). The van der Waals surface area contributed by atoms with Gasteiger partial charge in [0.25, 0.3) is 0 Å². The van der Waals surface area contributed by atoms with Crippen LogP contribution in [-0.2, 0) is 0 Å². The average molecular weight is 361 g/mol. The molecule has 0 saturated heterocycles. The molecule has 2 aromatic heterocycles. The Hall–Kier alpha value is -3.43. The van der Waals surface area contributed by atoms with Gasteiger partial charge < -0.3 is 20.5 Å². The minimum Gasteiger partial charge on any atom is -0.497 e. The number of anilines is 1. The Morgan fingerprint density at radius 3 is 2.67 bits per heavy atom. The molecule has 0 aliphatic heterocycles. The molecule has 8 nitrogen and oxygen atoms in total. The maximum atomic E-state index is 9.75. The number of hydrogen-bond donors (Lipinski definition) is 4. The molecule has 4 aromatic rings. The molecule has 5 N–H and O–H groups in total. The monoisotopic (exact) mass is 361 g/mol. The first-order valence-electron chi connectivity index (χ1n) is 8.17. The topological polar surface area (TPSA) is 130 Å². The highest BCUT2D eigenvalue weighted by molar-refractivity contribution is 6.60. The van der Waals surface area contributed by atoms with Crippen LogP contribution < -0.4 is 15.9 Å². The summed E-state index contributed by atoms with van der Waals surface area (Å²) in [6, 6.07) is 10.9. The average Bonchev–Trinajstić information content (AvgIpc) is 3.21. The number of fused-ring (bicyclic) bond motifs is 1. The summed E-state index contributed by atoms with van der Waals surface area (Å²) in [6.45, 7) is 0. The Labute approximate surface area is 154 Å². The molecule has 0 fully saturated rings. The molecular formula is C18H16BN5O3. The maximum Gasteiger partial charge on any atom is 0.492 e. The van der Waals surface area contributed by atoms with Gasteiger partial charge in [-0.3, -0.25) is 5.10 Å². The van der Waals surface area contributed by atoms with Crippen LogP contribution in [0.1, 0.15) is 0 Å². The number of nitrogen functional groups attached to an aromatic ring is 1. The van der Waals surface area contributed by atoms with Crippen LogP contribution in [0.25, 0.3) is 33.3 Å². The third-order valence-electron chi connectivity index (χ3n) is 4.42. The Balaban J connectivity index is 1.99. The Morgan fingerprint density at radius 1 is 1.11 bits per heavy atom. The van der Waals surface area contributed by atoms with Crippen molar-refractivity contribution in [1.82, 2.24) is 20.4 Å². The van der Waals surface area contributed by atoms with Crippen molar-refractivity contribution in [2.75, 3.05) is 12.8 Å². The van der Waals surface area contributed by atoms with Gasteiger partial charge >= 0.3 is 7.12 Å². The molecule has 0 unspecified atom stereocenters. The first kappa shape index (κ1) is 17.0. The number of nitrogens with one attached hydrogen (secondary N) is 1. The molecule has 4 rings (SSSR count). The largest absolute Gasteiger partial charge is 0.497 e. The van der Waals surface area contributed by atoms with Gasteiger partial charge in [-0.2, -0.15) is 15.3 Å². The number of aromatic amines is 1. The van der Waals surface area contributed by atoms with Crippen LogP contribution in [0, 0.1) is 0 Å². The van der Waals surface area contributed by atoms with Gasteiger partial charge in [0.1, 0.15) is 5.75 Å². The Morgan fingerprint density at radius 2 is 1.96 bits per heavy atom. The maximum absolute atomic E-state index is 9.75. The molecule has 2 aromatic carbocycles. The number of benzene rings is 2. The predicted octanol–water partition coefficient (Wildman–Crippen LogP) is 0.957. The second-order valence-electron chi connectivity index (χ2n) is 6.02. The highest BCUT2D eigenvalue weighted by Gasteiger charge is 2.22. The number of H-pyrrole nitrogens is 1. The van der Waals surface area contributed by atoms with Crippen molar-refractivity contribution in [2.24, 2.45) is 0 Å². The van der Waals surface area contributed by atoms with Crippen LogP contribution in [0.3, 0.4) is 0 Å². The summed E-state index contributed by atoms with van der Waals surface area (Å²) < 4.78 is 5.33. The number of methoxy groups -OCH3 is 1. The van der Waals surface area contributed by atoms with Crippen molar-refractivity contribution in [1.29, 1.82) is 0 Å². The fraction of sp³-hybridized carbons (Fsp3) is 0.0556.